The van der Waals surface area contributed by atoms with Crippen molar-refractivity contribution >= 4 is 17.8 Å². The van der Waals surface area contributed by atoms with Crippen LogP contribution in [-0.4, -0.2) is 85.0 Å². The number of anilines is 1. The van der Waals surface area contributed by atoms with E-state index in [9.17, 15) is 14.4 Å². The van der Waals surface area contributed by atoms with E-state index in [0.717, 1.165) is 5.57 Å². The molecule has 0 aliphatic carbocycles. The molecule has 0 bridgehead atoms. The van der Waals surface area contributed by atoms with Crippen molar-refractivity contribution in [1.82, 2.24) is 20.0 Å². The van der Waals surface area contributed by atoms with Gasteiger partial charge in [-0.3, -0.25) is 9.59 Å². The van der Waals surface area contributed by atoms with E-state index in [1.54, 1.807) is 34.1 Å². The van der Waals surface area contributed by atoms with Crippen molar-refractivity contribution < 1.29 is 23.5 Å². The van der Waals surface area contributed by atoms with Crippen LogP contribution in [0.1, 0.15) is 37.7 Å². The number of nitrogens with zero attached hydrogens (tertiary/aromatic N) is 4. The Balaban J connectivity index is 0.00000248. The summed E-state index contributed by atoms with van der Waals surface area (Å²) in [5.41, 5.74) is 1.13. The first-order chi connectivity index (χ1) is 20.8. The van der Waals surface area contributed by atoms with Gasteiger partial charge in [0.2, 0.25) is 5.91 Å². The number of hydrogen-bond acceptors (Lipinski definition) is 7. The third-order valence-electron chi connectivity index (χ3n) is 8.07. The fraction of sp³-hybridized carbons (Fsp3) is 0.438. The van der Waals surface area contributed by atoms with Gasteiger partial charge in [0.15, 0.2) is 0 Å². The summed E-state index contributed by atoms with van der Waals surface area (Å²) in [6.07, 6.45) is 5.39. The zero-order valence-electron chi connectivity index (χ0n) is 25.3. The molecule has 0 saturated carbocycles. The monoisotopic (exact) mass is 595 g/mol. The first kappa shape index (κ1) is 33.1. The van der Waals surface area contributed by atoms with Gasteiger partial charge in [-0.2, -0.15) is 5.10 Å². The van der Waals surface area contributed by atoms with Gasteiger partial charge in [0.25, 0.3) is 5.56 Å². The van der Waals surface area contributed by atoms with Crippen molar-refractivity contribution in [3.63, 3.8) is 0 Å². The highest BCUT2D eigenvalue weighted by atomic mass is 19.1. The molecular formula is C32H42FN5O5. The molecule has 43 heavy (non-hydrogen) atoms. The van der Waals surface area contributed by atoms with E-state index in [1.165, 1.54) is 26.4 Å². The zero-order valence-corrected chi connectivity index (χ0v) is 25.3. The molecule has 2 aliphatic heterocycles. The number of methoxy groups -OCH3 is 2. The van der Waals surface area contributed by atoms with E-state index >= 15 is 4.39 Å². The Morgan fingerprint density at radius 3 is 2.51 bits per heavy atom. The van der Waals surface area contributed by atoms with Crippen LogP contribution in [-0.2, 0) is 9.53 Å². The molecule has 0 radical (unpaired) electrons. The van der Waals surface area contributed by atoms with Gasteiger partial charge in [0, 0.05) is 56.8 Å². The number of H-pyrrole nitrogens is 1. The predicted octanol–water partition coefficient (Wildman–Crippen LogP) is 4.52. The number of aromatic nitrogens is 2. The summed E-state index contributed by atoms with van der Waals surface area (Å²) >= 11 is 0. The Bertz CT molecular complexity index is 1340. The fourth-order valence-electron chi connectivity index (χ4n) is 5.82. The van der Waals surface area contributed by atoms with Gasteiger partial charge in [0.05, 0.1) is 20.1 Å². The van der Waals surface area contributed by atoms with Crippen molar-refractivity contribution in [3.05, 3.63) is 89.5 Å². The molecule has 2 amide bonds. The third kappa shape index (κ3) is 7.91. The third-order valence-corrected chi connectivity index (χ3v) is 8.07. The number of aromatic amines is 1. The Hall–Kier alpha value is -4.41. The van der Waals surface area contributed by atoms with Crippen molar-refractivity contribution in [2.24, 2.45) is 5.92 Å². The maximum atomic E-state index is 15.3. The van der Waals surface area contributed by atoms with Crippen LogP contribution in [0.2, 0.25) is 0 Å². The van der Waals surface area contributed by atoms with E-state index in [0.29, 0.717) is 69.1 Å². The average molecular weight is 596 g/mol. The number of ether oxygens (including phenoxy) is 2. The Labute approximate surface area is 252 Å². The molecule has 4 rings (SSSR count). The van der Waals surface area contributed by atoms with E-state index in [2.05, 4.69) is 29.9 Å². The quantitative estimate of drug-likeness (QED) is 0.370. The van der Waals surface area contributed by atoms with Crippen LogP contribution in [0.5, 0.6) is 5.75 Å². The molecule has 11 heteroatoms. The number of nitrogens with one attached hydrogen (secondary N) is 1. The number of halogens is 1. The van der Waals surface area contributed by atoms with Gasteiger partial charge in [-0.25, -0.2) is 14.3 Å². The Morgan fingerprint density at radius 1 is 1.14 bits per heavy atom. The molecule has 10 nitrogen and oxygen atoms in total. The topological polar surface area (TPSA) is 108 Å². The summed E-state index contributed by atoms with van der Waals surface area (Å²) in [5, 5.41) is 6.57. The van der Waals surface area contributed by atoms with Gasteiger partial charge >= 0.3 is 6.09 Å². The molecule has 2 aromatic rings. The average Bonchev–Trinajstić information content (AvgIpc) is 3.46. The van der Waals surface area contributed by atoms with E-state index in [4.69, 9.17) is 9.47 Å². The SMILES string of the molecule is C=C.C=C/C(=C\C)CC1CCCN(C(=O)[C@@H]2CN(c3ccc(=O)[nH]n3)C[C@H]2c2ccc(OC)cc2F)CCN1C(=O)OC. The molecule has 2 saturated heterocycles. The molecule has 2 fully saturated rings. The van der Waals surface area contributed by atoms with E-state index < -0.39 is 23.7 Å². The lowest BCUT2D eigenvalue weighted by molar-refractivity contribution is -0.136. The summed E-state index contributed by atoms with van der Waals surface area (Å²) < 4.78 is 25.6. The number of amides is 2. The van der Waals surface area contributed by atoms with Gasteiger partial charge in [-0.05, 0) is 43.9 Å². The number of carbonyl (C=O) groups is 2. The molecule has 2 aliphatic rings. The van der Waals surface area contributed by atoms with Crippen LogP contribution in [0.4, 0.5) is 15.0 Å². The van der Waals surface area contributed by atoms with Gasteiger partial charge in [0.1, 0.15) is 17.4 Å². The van der Waals surface area contributed by atoms with Crippen molar-refractivity contribution in [1.29, 1.82) is 0 Å². The molecule has 1 aromatic heterocycles. The summed E-state index contributed by atoms with van der Waals surface area (Å²) in [6.45, 7) is 13.6. The lowest BCUT2D eigenvalue weighted by atomic mass is 9.87. The Kier molecular flexibility index (Phi) is 12.1. The van der Waals surface area contributed by atoms with E-state index in [1.807, 2.05) is 17.9 Å². The number of carbonyl (C=O) groups excluding carboxylic acids is 2. The minimum absolute atomic E-state index is 0.0710. The van der Waals surface area contributed by atoms with Gasteiger partial charge in [-0.1, -0.05) is 30.4 Å². The largest absolute Gasteiger partial charge is 0.497 e. The Morgan fingerprint density at radius 2 is 1.91 bits per heavy atom. The summed E-state index contributed by atoms with van der Waals surface area (Å²) in [4.78, 5) is 43.8. The maximum Gasteiger partial charge on any atom is 0.409 e. The second-order valence-corrected chi connectivity index (χ2v) is 10.3. The molecule has 1 N–H and O–H groups in total. The first-order valence-corrected chi connectivity index (χ1v) is 14.3. The second-order valence-electron chi connectivity index (χ2n) is 10.3. The molecule has 0 spiro atoms. The number of hydrogen-bond donors (Lipinski definition) is 1. The van der Waals surface area contributed by atoms with Gasteiger partial charge in [-0.15, -0.1) is 13.2 Å². The fourth-order valence-corrected chi connectivity index (χ4v) is 5.82. The summed E-state index contributed by atoms with van der Waals surface area (Å²) in [7, 11) is 2.83. The van der Waals surface area contributed by atoms with Crippen molar-refractivity contribution in [3.8, 4) is 5.75 Å². The lowest BCUT2D eigenvalue weighted by Gasteiger charge is -2.37. The van der Waals surface area contributed by atoms with Crippen LogP contribution in [0.3, 0.4) is 0 Å². The number of benzene rings is 1. The van der Waals surface area contributed by atoms with Crippen LogP contribution < -0.4 is 15.2 Å². The highest BCUT2D eigenvalue weighted by molar-refractivity contribution is 5.82. The molecule has 1 unspecified atom stereocenters. The summed E-state index contributed by atoms with van der Waals surface area (Å²) in [5.74, 6) is -0.678. The molecule has 3 atom stereocenters. The molecule has 3 heterocycles. The highest BCUT2D eigenvalue weighted by Crippen LogP contribution is 2.38. The predicted molar refractivity (Wildman–Crippen MR) is 165 cm³/mol. The highest BCUT2D eigenvalue weighted by Gasteiger charge is 2.42. The van der Waals surface area contributed by atoms with Crippen LogP contribution in [0.25, 0.3) is 0 Å². The smallest absolute Gasteiger partial charge is 0.409 e. The van der Waals surface area contributed by atoms with E-state index in [-0.39, 0.29) is 17.5 Å². The van der Waals surface area contributed by atoms with Crippen LogP contribution in [0, 0.1) is 11.7 Å². The minimum atomic E-state index is -0.566. The maximum absolute atomic E-state index is 15.3. The lowest BCUT2D eigenvalue weighted by Crippen LogP contribution is -2.50. The second kappa shape index (κ2) is 15.7. The molecule has 1 aromatic carbocycles. The molecular weight excluding hydrogens is 553 g/mol. The standard InChI is InChI=1S/C30H38FN5O5.C2H4/c1-5-20(6-2)16-21-8-7-13-34(14-15-36(21)30(39)41-4)29(38)25-19-35(27-11-12-28(37)33-32-27)18-24(25)23-10-9-22(40-3)17-26(23)31;1-2/h5-6,9-12,17,21,24-25H,1,7-8,13-16,18-19H2,2-4H3,(H,33,37);1-2H2/b20-6+;/t21?,24-,25+;/m0./s1. The zero-order chi connectivity index (χ0) is 31.5. The van der Waals surface area contributed by atoms with Crippen molar-refractivity contribution in [2.75, 3.05) is 51.8 Å². The normalized spacial score (nSPS) is 20.8. The van der Waals surface area contributed by atoms with Crippen LogP contribution >= 0.6 is 0 Å². The van der Waals surface area contributed by atoms with Gasteiger partial charge < -0.3 is 24.2 Å². The molecule has 232 valence electrons. The summed E-state index contributed by atoms with van der Waals surface area (Å²) in [6, 6.07) is 7.58. The number of rotatable bonds is 7. The first-order valence-electron chi connectivity index (χ1n) is 14.3. The van der Waals surface area contributed by atoms with Crippen molar-refractivity contribution in [2.45, 2.75) is 38.1 Å². The minimum Gasteiger partial charge on any atom is -0.497 e. The van der Waals surface area contributed by atoms with Crippen LogP contribution in [0.15, 0.2) is 72.6 Å². The number of allylic oxidation sites excluding steroid dienone is 2.